The van der Waals surface area contributed by atoms with E-state index in [0.29, 0.717) is 41.2 Å². The molecule has 2 N–H and O–H groups in total. The van der Waals surface area contributed by atoms with Gasteiger partial charge in [-0.1, -0.05) is 24.3 Å². The van der Waals surface area contributed by atoms with E-state index in [2.05, 4.69) is 20.7 Å². The van der Waals surface area contributed by atoms with Crippen molar-refractivity contribution in [1.82, 2.24) is 20.1 Å². The van der Waals surface area contributed by atoms with Gasteiger partial charge in [-0.3, -0.25) is 5.32 Å². The van der Waals surface area contributed by atoms with Crippen molar-refractivity contribution in [3.8, 4) is 11.5 Å². The van der Waals surface area contributed by atoms with Gasteiger partial charge in [-0.15, -0.1) is 5.10 Å². The summed E-state index contributed by atoms with van der Waals surface area (Å²) in [5.41, 5.74) is 1.63. The zero-order valence-electron chi connectivity index (χ0n) is 16.2. The number of anilines is 1. The van der Waals surface area contributed by atoms with Crippen LogP contribution in [0.3, 0.4) is 0 Å². The molecule has 1 aromatic heterocycles. The highest BCUT2D eigenvalue weighted by Gasteiger charge is 2.07. The zero-order valence-corrected chi connectivity index (χ0v) is 17.0. The maximum absolute atomic E-state index is 13.7. The Labute approximate surface area is 173 Å². The van der Waals surface area contributed by atoms with Gasteiger partial charge in [0.15, 0.2) is 16.6 Å². The Balaban J connectivity index is 1.48. The Morgan fingerprint density at radius 3 is 2.69 bits per heavy atom. The predicted octanol–water partition coefficient (Wildman–Crippen LogP) is 3.01. The summed E-state index contributed by atoms with van der Waals surface area (Å²) in [7, 11) is 3.21. The largest absolute Gasteiger partial charge is 0.493 e. The second-order valence-corrected chi connectivity index (χ2v) is 6.59. The molecule has 0 saturated heterocycles. The molecule has 0 unspecified atom stereocenters. The molecular weight excluding hydrogens is 393 g/mol. The molecule has 0 atom stereocenters. The number of nitrogens with zero attached hydrogens (tertiary/aromatic N) is 3. The molecule has 0 aliphatic carbocycles. The summed E-state index contributed by atoms with van der Waals surface area (Å²) in [4.78, 5) is 4.15. The molecule has 0 aliphatic heterocycles. The molecule has 0 amide bonds. The minimum Gasteiger partial charge on any atom is -0.493 e. The van der Waals surface area contributed by atoms with Gasteiger partial charge in [0.1, 0.15) is 12.1 Å². The third-order valence-electron chi connectivity index (χ3n) is 4.20. The molecule has 1 heterocycles. The van der Waals surface area contributed by atoms with Crippen LogP contribution in [0.25, 0.3) is 0 Å². The molecule has 3 aromatic rings. The number of aromatic nitrogens is 3. The second-order valence-electron chi connectivity index (χ2n) is 6.18. The van der Waals surface area contributed by atoms with Crippen molar-refractivity contribution >= 4 is 23.3 Å². The van der Waals surface area contributed by atoms with Gasteiger partial charge in [-0.05, 0) is 42.4 Å². The molecular formula is C20H22FN5O2S. The number of methoxy groups -OCH3 is 2. The number of hydrogen-bond donors (Lipinski definition) is 2. The first-order valence-corrected chi connectivity index (χ1v) is 9.38. The molecule has 2 aromatic carbocycles. The lowest BCUT2D eigenvalue weighted by atomic mass is 10.1. The van der Waals surface area contributed by atoms with Gasteiger partial charge < -0.3 is 14.8 Å². The van der Waals surface area contributed by atoms with E-state index >= 15 is 0 Å². The number of halogens is 1. The first-order valence-electron chi connectivity index (χ1n) is 8.97. The summed E-state index contributed by atoms with van der Waals surface area (Å²) in [6, 6.07) is 12.4. The fourth-order valence-electron chi connectivity index (χ4n) is 2.73. The van der Waals surface area contributed by atoms with Crippen molar-refractivity contribution in [1.29, 1.82) is 0 Å². The van der Waals surface area contributed by atoms with Gasteiger partial charge >= 0.3 is 0 Å². The second kappa shape index (κ2) is 9.83. The van der Waals surface area contributed by atoms with Crippen LogP contribution in [0.15, 0.2) is 48.8 Å². The molecule has 152 valence electrons. The monoisotopic (exact) mass is 415 g/mol. The summed E-state index contributed by atoms with van der Waals surface area (Å²) in [5.74, 6) is 1.46. The quantitative estimate of drug-likeness (QED) is 0.548. The molecule has 3 rings (SSSR count). The average Bonchev–Trinajstić information content (AvgIpc) is 3.16. The molecule has 7 nitrogen and oxygen atoms in total. The van der Waals surface area contributed by atoms with Crippen LogP contribution in [0, 0.1) is 5.82 Å². The average molecular weight is 415 g/mol. The maximum Gasteiger partial charge on any atom is 0.248 e. The summed E-state index contributed by atoms with van der Waals surface area (Å²) in [6.45, 7) is 0.915. The molecule has 0 bridgehead atoms. The van der Waals surface area contributed by atoms with Gasteiger partial charge in [-0.2, -0.15) is 0 Å². The highest BCUT2D eigenvalue weighted by Crippen LogP contribution is 2.27. The van der Waals surface area contributed by atoms with E-state index in [4.69, 9.17) is 21.7 Å². The number of hydrogen-bond acceptors (Lipinski definition) is 5. The fraction of sp³-hybridized carbons (Fsp3) is 0.250. The molecule has 29 heavy (non-hydrogen) atoms. The number of nitrogens with one attached hydrogen (secondary N) is 2. The maximum atomic E-state index is 13.7. The van der Waals surface area contributed by atoms with Crippen LogP contribution in [0.5, 0.6) is 11.5 Å². The van der Waals surface area contributed by atoms with E-state index in [1.165, 1.54) is 12.4 Å². The van der Waals surface area contributed by atoms with Crippen LogP contribution < -0.4 is 20.1 Å². The van der Waals surface area contributed by atoms with Crippen LogP contribution in [-0.2, 0) is 13.0 Å². The first-order chi connectivity index (χ1) is 14.1. The van der Waals surface area contributed by atoms with Crippen molar-refractivity contribution in [3.05, 3.63) is 65.7 Å². The topological polar surface area (TPSA) is 73.2 Å². The summed E-state index contributed by atoms with van der Waals surface area (Å²) >= 11 is 5.28. The summed E-state index contributed by atoms with van der Waals surface area (Å²) < 4.78 is 25.8. The molecule has 0 spiro atoms. The molecule has 0 fully saturated rings. The van der Waals surface area contributed by atoms with Crippen molar-refractivity contribution in [2.45, 2.75) is 13.0 Å². The zero-order chi connectivity index (χ0) is 20.6. The summed E-state index contributed by atoms with van der Waals surface area (Å²) in [6.07, 6.45) is 2.28. The van der Waals surface area contributed by atoms with Gasteiger partial charge in [-0.25, -0.2) is 14.1 Å². The Bertz CT molecular complexity index is 979. The van der Waals surface area contributed by atoms with Gasteiger partial charge in [0.2, 0.25) is 5.95 Å². The first kappa shape index (κ1) is 20.5. The third kappa shape index (κ3) is 5.64. The van der Waals surface area contributed by atoms with Crippen LogP contribution in [0.4, 0.5) is 10.3 Å². The van der Waals surface area contributed by atoms with Crippen molar-refractivity contribution in [2.24, 2.45) is 0 Å². The Kier molecular flexibility index (Phi) is 6.96. The minimum absolute atomic E-state index is 0.273. The number of rotatable bonds is 8. The van der Waals surface area contributed by atoms with E-state index < -0.39 is 0 Å². The van der Waals surface area contributed by atoms with E-state index in [9.17, 15) is 4.39 Å². The van der Waals surface area contributed by atoms with Crippen LogP contribution in [0.2, 0.25) is 0 Å². The Morgan fingerprint density at radius 1 is 1.14 bits per heavy atom. The SMILES string of the molecule is COc1ccc(CCNC(=S)Nc2ncn(Cc3ccccc3F)n2)cc1OC. The molecule has 0 radical (unpaired) electrons. The Morgan fingerprint density at radius 2 is 1.93 bits per heavy atom. The number of thiocarbonyl (C=S) groups is 1. The standard InChI is InChI=1S/C20H22FN5O2S/c1-27-17-8-7-14(11-18(17)28-2)9-10-22-20(29)24-19-23-13-26(25-19)12-15-5-3-4-6-16(15)21/h3-8,11,13H,9-10,12H2,1-2H3,(H2,22,24,25,29). The van der Waals surface area contributed by atoms with Crippen LogP contribution in [-0.4, -0.2) is 40.6 Å². The number of benzene rings is 2. The predicted molar refractivity (Wildman–Crippen MR) is 113 cm³/mol. The van der Waals surface area contributed by atoms with E-state index in [-0.39, 0.29) is 5.82 Å². The van der Waals surface area contributed by atoms with E-state index in [0.717, 1.165) is 12.0 Å². The molecule has 9 heteroatoms. The Hall–Kier alpha value is -3.20. The molecule has 0 aliphatic rings. The lowest BCUT2D eigenvalue weighted by Crippen LogP contribution is -2.30. The normalized spacial score (nSPS) is 10.4. The van der Waals surface area contributed by atoms with E-state index in [1.54, 1.807) is 37.1 Å². The van der Waals surface area contributed by atoms with Gasteiger partial charge in [0.05, 0.1) is 20.8 Å². The number of ether oxygens (including phenoxy) is 2. The molecule has 0 saturated carbocycles. The smallest absolute Gasteiger partial charge is 0.248 e. The van der Waals surface area contributed by atoms with Gasteiger partial charge in [0, 0.05) is 12.1 Å². The van der Waals surface area contributed by atoms with Crippen molar-refractivity contribution < 1.29 is 13.9 Å². The fourth-order valence-corrected chi connectivity index (χ4v) is 2.92. The van der Waals surface area contributed by atoms with Crippen LogP contribution in [0.1, 0.15) is 11.1 Å². The summed E-state index contributed by atoms with van der Waals surface area (Å²) in [5, 5.41) is 10.7. The van der Waals surface area contributed by atoms with Gasteiger partial charge in [0.25, 0.3) is 0 Å². The lowest BCUT2D eigenvalue weighted by Gasteiger charge is -2.11. The van der Waals surface area contributed by atoms with E-state index in [1.807, 2.05) is 18.2 Å². The highest BCUT2D eigenvalue weighted by molar-refractivity contribution is 7.80. The van der Waals surface area contributed by atoms with Crippen molar-refractivity contribution in [2.75, 3.05) is 26.1 Å². The minimum atomic E-state index is -0.273. The third-order valence-corrected chi connectivity index (χ3v) is 4.45. The van der Waals surface area contributed by atoms with Crippen molar-refractivity contribution in [3.63, 3.8) is 0 Å². The highest BCUT2D eigenvalue weighted by atomic mass is 32.1. The lowest BCUT2D eigenvalue weighted by molar-refractivity contribution is 0.354. The van der Waals surface area contributed by atoms with Crippen LogP contribution >= 0.6 is 12.2 Å².